The van der Waals surface area contributed by atoms with E-state index in [0.717, 1.165) is 4.57 Å². The average molecular weight is 383 g/mol. The second-order valence-corrected chi connectivity index (χ2v) is 6.39. The van der Waals surface area contributed by atoms with Crippen LogP contribution in [0.3, 0.4) is 0 Å². The number of nitrogens with one attached hydrogen (secondary N) is 1. The molecule has 1 aromatic heterocycles. The Morgan fingerprint density at radius 2 is 2.23 bits per heavy atom. The van der Waals surface area contributed by atoms with E-state index in [1.54, 1.807) is 24.3 Å². The number of rotatable bonds is 6. The minimum absolute atomic E-state index is 0.101. The predicted molar refractivity (Wildman–Crippen MR) is 92.1 cm³/mol. The molecule has 26 heavy (non-hydrogen) atoms. The van der Waals surface area contributed by atoms with E-state index in [0.29, 0.717) is 10.7 Å². The molecule has 3 rings (SSSR count). The summed E-state index contributed by atoms with van der Waals surface area (Å²) >= 11 is 5.94. The lowest BCUT2D eigenvalue weighted by atomic mass is 10.1. The van der Waals surface area contributed by atoms with Crippen molar-refractivity contribution in [3.63, 3.8) is 0 Å². The number of hydrogen-bond acceptors (Lipinski definition) is 3. The fraction of sp³-hybridized carbons (Fsp3) is 0.353. The number of aromatic nitrogens is 2. The molecule has 1 unspecified atom stereocenters. The minimum atomic E-state index is -2.66. The molecule has 1 aromatic carbocycles. The van der Waals surface area contributed by atoms with E-state index in [4.69, 9.17) is 11.6 Å². The highest BCUT2D eigenvalue weighted by Crippen LogP contribution is 2.27. The molecule has 0 radical (unpaired) electrons. The molecule has 1 atom stereocenters. The Hall–Kier alpha value is -2.48. The lowest BCUT2D eigenvalue weighted by Crippen LogP contribution is -2.34. The lowest BCUT2D eigenvalue weighted by molar-refractivity contribution is -0.126. The number of benzene rings is 1. The number of anilines is 1. The van der Waals surface area contributed by atoms with Crippen LogP contribution in [0, 0.1) is 5.92 Å². The van der Waals surface area contributed by atoms with Crippen LogP contribution in [0.1, 0.15) is 18.8 Å². The number of carbonyl (C=O) groups excluding carboxylic acids is 2. The number of hydrogen-bond donors (Lipinski definition) is 1. The number of alkyl halides is 2. The van der Waals surface area contributed by atoms with Gasteiger partial charge in [-0.15, -0.1) is 0 Å². The molecule has 0 saturated carbocycles. The monoisotopic (exact) mass is 382 g/mol. The van der Waals surface area contributed by atoms with Gasteiger partial charge in [0.15, 0.2) is 0 Å². The van der Waals surface area contributed by atoms with Gasteiger partial charge in [-0.1, -0.05) is 17.7 Å². The molecule has 9 heteroatoms. The molecule has 0 spiro atoms. The maximum absolute atomic E-state index is 12.8. The molecule has 1 fully saturated rings. The Labute approximate surface area is 153 Å². The van der Waals surface area contributed by atoms with Crippen molar-refractivity contribution in [1.82, 2.24) is 14.9 Å². The van der Waals surface area contributed by atoms with E-state index in [-0.39, 0.29) is 43.6 Å². The van der Waals surface area contributed by atoms with Crippen LogP contribution in [0.15, 0.2) is 36.7 Å². The standard InChI is InChI=1S/C17H17ClF2N4O2/c18-12-2-1-3-13(9-12)24-10-11(8-15(24)25)16(26)22-5-4-14-21-6-7-23(14)17(19)20/h1-3,6-7,9,11,17H,4-5,8,10H2,(H,22,26). The van der Waals surface area contributed by atoms with Crippen molar-refractivity contribution < 1.29 is 18.4 Å². The van der Waals surface area contributed by atoms with Gasteiger partial charge in [-0.25, -0.2) is 4.98 Å². The second-order valence-electron chi connectivity index (χ2n) is 5.95. The maximum atomic E-state index is 12.8. The summed E-state index contributed by atoms with van der Waals surface area (Å²) in [6.45, 7) is -2.23. The fourth-order valence-corrected chi connectivity index (χ4v) is 3.12. The number of halogens is 3. The molecule has 138 valence electrons. The molecule has 1 aliphatic heterocycles. The van der Waals surface area contributed by atoms with Gasteiger partial charge in [-0.05, 0) is 18.2 Å². The first-order chi connectivity index (χ1) is 12.5. The molecule has 2 amide bonds. The van der Waals surface area contributed by atoms with Crippen molar-refractivity contribution >= 4 is 29.1 Å². The third-order valence-corrected chi connectivity index (χ3v) is 4.46. The van der Waals surface area contributed by atoms with Crippen LogP contribution in [0.5, 0.6) is 0 Å². The van der Waals surface area contributed by atoms with Crippen molar-refractivity contribution in [1.29, 1.82) is 0 Å². The molecule has 1 saturated heterocycles. The maximum Gasteiger partial charge on any atom is 0.319 e. The predicted octanol–water partition coefficient (Wildman–Crippen LogP) is 2.64. The van der Waals surface area contributed by atoms with E-state index in [2.05, 4.69) is 10.3 Å². The van der Waals surface area contributed by atoms with Gasteiger partial charge in [0, 0.05) is 49.0 Å². The summed E-state index contributed by atoms with van der Waals surface area (Å²) < 4.78 is 26.3. The molecular weight excluding hydrogens is 366 g/mol. The Kier molecular flexibility index (Phi) is 5.51. The summed E-state index contributed by atoms with van der Waals surface area (Å²) in [5, 5.41) is 3.20. The van der Waals surface area contributed by atoms with E-state index in [1.807, 2.05) is 0 Å². The second kappa shape index (κ2) is 7.82. The highest BCUT2D eigenvalue weighted by atomic mass is 35.5. The van der Waals surface area contributed by atoms with Crippen LogP contribution in [0.4, 0.5) is 14.5 Å². The normalized spacial score (nSPS) is 17.2. The molecular formula is C17H17ClF2N4O2. The summed E-state index contributed by atoms with van der Waals surface area (Å²) in [4.78, 5) is 29.9. The first kappa shape index (κ1) is 18.3. The number of carbonyl (C=O) groups is 2. The number of imidazole rings is 1. The van der Waals surface area contributed by atoms with Crippen LogP contribution in [0.2, 0.25) is 5.02 Å². The Morgan fingerprint density at radius 3 is 2.96 bits per heavy atom. The zero-order valence-corrected chi connectivity index (χ0v) is 14.5. The highest BCUT2D eigenvalue weighted by Gasteiger charge is 2.35. The van der Waals surface area contributed by atoms with Crippen LogP contribution in [-0.4, -0.2) is 34.5 Å². The van der Waals surface area contributed by atoms with E-state index >= 15 is 0 Å². The van der Waals surface area contributed by atoms with Crippen molar-refractivity contribution in [2.24, 2.45) is 5.92 Å². The van der Waals surface area contributed by atoms with Gasteiger partial charge in [0.25, 0.3) is 0 Å². The van der Waals surface area contributed by atoms with Gasteiger partial charge in [-0.2, -0.15) is 8.78 Å². The van der Waals surface area contributed by atoms with E-state index in [1.165, 1.54) is 17.3 Å². The smallest absolute Gasteiger partial charge is 0.319 e. The van der Waals surface area contributed by atoms with E-state index in [9.17, 15) is 18.4 Å². The summed E-state index contributed by atoms with van der Waals surface area (Å²) in [7, 11) is 0. The zero-order chi connectivity index (χ0) is 18.7. The van der Waals surface area contributed by atoms with Crippen molar-refractivity contribution in [2.45, 2.75) is 19.4 Å². The summed E-state index contributed by atoms with van der Waals surface area (Å²) in [6, 6.07) is 6.88. The molecule has 2 aromatic rings. The molecule has 0 bridgehead atoms. The van der Waals surface area contributed by atoms with Crippen molar-refractivity contribution in [2.75, 3.05) is 18.0 Å². The first-order valence-corrected chi connectivity index (χ1v) is 8.47. The summed E-state index contributed by atoms with van der Waals surface area (Å²) in [5.41, 5.74) is 0.650. The molecule has 1 N–H and O–H groups in total. The molecule has 0 aliphatic carbocycles. The molecule has 6 nitrogen and oxygen atoms in total. The summed E-state index contributed by atoms with van der Waals surface area (Å²) in [6.07, 6.45) is 2.77. The highest BCUT2D eigenvalue weighted by molar-refractivity contribution is 6.30. The van der Waals surface area contributed by atoms with Gasteiger partial charge in [0.05, 0.1) is 5.92 Å². The molecule has 2 heterocycles. The van der Waals surface area contributed by atoms with Crippen molar-refractivity contribution in [3.05, 3.63) is 47.5 Å². The van der Waals surface area contributed by atoms with Gasteiger partial charge in [0.2, 0.25) is 11.8 Å². The average Bonchev–Trinajstić information content (AvgIpc) is 3.21. The Morgan fingerprint density at radius 1 is 1.42 bits per heavy atom. The van der Waals surface area contributed by atoms with Gasteiger partial charge in [-0.3, -0.25) is 14.2 Å². The number of nitrogens with zero attached hydrogens (tertiary/aromatic N) is 3. The quantitative estimate of drug-likeness (QED) is 0.835. The summed E-state index contributed by atoms with van der Waals surface area (Å²) in [5.74, 6) is -0.724. The third-order valence-electron chi connectivity index (χ3n) is 4.22. The van der Waals surface area contributed by atoms with E-state index < -0.39 is 12.5 Å². The largest absolute Gasteiger partial charge is 0.355 e. The first-order valence-electron chi connectivity index (χ1n) is 8.09. The van der Waals surface area contributed by atoms with Crippen LogP contribution >= 0.6 is 11.6 Å². The SMILES string of the molecule is O=C(NCCc1nccn1C(F)F)C1CC(=O)N(c2cccc(Cl)c2)C1. The van der Waals surface area contributed by atoms with Crippen LogP contribution in [0.25, 0.3) is 0 Å². The Bertz CT molecular complexity index is 812. The van der Waals surface area contributed by atoms with Gasteiger partial charge < -0.3 is 10.2 Å². The lowest BCUT2D eigenvalue weighted by Gasteiger charge is -2.17. The topological polar surface area (TPSA) is 67.2 Å². The Balaban J connectivity index is 1.54. The van der Waals surface area contributed by atoms with Crippen LogP contribution < -0.4 is 10.2 Å². The van der Waals surface area contributed by atoms with Gasteiger partial charge >= 0.3 is 6.55 Å². The fourth-order valence-electron chi connectivity index (χ4n) is 2.93. The van der Waals surface area contributed by atoms with Crippen molar-refractivity contribution in [3.8, 4) is 0 Å². The van der Waals surface area contributed by atoms with Crippen LogP contribution in [-0.2, 0) is 16.0 Å². The number of amides is 2. The zero-order valence-electron chi connectivity index (χ0n) is 13.7. The molecule has 1 aliphatic rings. The minimum Gasteiger partial charge on any atom is -0.355 e. The van der Waals surface area contributed by atoms with Gasteiger partial charge in [0.1, 0.15) is 5.82 Å². The third kappa shape index (κ3) is 4.01.